The van der Waals surface area contributed by atoms with Crippen molar-refractivity contribution >= 4 is 5.91 Å². The fourth-order valence-electron chi connectivity index (χ4n) is 1.94. The molecule has 0 aliphatic carbocycles. The minimum Gasteiger partial charge on any atom is -0.490 e. The van der Waals surface area contributed by atoms with E-state index < -0.39 is 0 Å². The second-order valence-electron chi connectivity index (χ2n) is 4.89. The van der Waals surface area contributed by atoms with Crippen LogP contribution in [0.1, 0.15) is 32.1 Å². The fourth-order valence-corrected chi connectivity index (χ4v) is 1.94. The van der Waals surface area contributed by atoms with Crippen LogP contribution in [0.15, 0.2) is 47.1 Å². The molecule has 0 aliphatic rings. The van der Waals surface area contributed by atoms with Gasteiger partial charge in [0.2, 0.25) is 0 Å². The largest absolute Gasteiger partial charge is 0.490 e. The Balaban J connectivity index is 1.86. The highest BCUT2D eigenvalue weighted by Crippen LogP contribution is 2.26. The van der Waals surface area contributed by atoms with Crippen LogP contribution < -0.4 is 14.8 Å². The SMILES string of the molecule is CCCOc1ccccc1OCC(=O)NC(C)c1ccco1. The minimum absolute atomic E-state index is 0.0719. The van der Waals surface area contributed by atoms with Crippen molar-refractivity contribution in [3.8, 4) is 11.5 Å². The molecule has 0 saturated heterocycles. The van der Waals surface area contributed by atoms with Gasteiger partial charge >= 0.3 is 0 Å². The third kappa shape index (κ3) is 4.55. The Morgan fingerprint density at radius 2 is 1.91 bits per heavy atom. The van der Waals surface area contributed by atoms with Crippen LogP contribution in [0.3, 0.4) is 0 Å². The van der Waals surface area contributed by atoms with E-state index in [9.17, 15) is 4.79 Å². The van der Waals surface area contributed by atoms with Gasteiger partial charge in [0.15, 0.2) is 18.1 Å². The van der Waals surface area contributed by atoms with Gasteiger partial charge in [0.25, 0.3) is 5.91 Å². The molecule has 0 radical (unpaired) electrons. The molecule has 1 aromatic carbocycles. The number of benzene rings is 1. The lowest BCUT2D eigenvalue weighted by Crippen LogP contribution is -2.31. The zero-order valence-electron chi connectivity index (χ0n) is 12.9. The predicted molar refractivity (Wildman–Crippen MR) is 83.0 cm³/mol. The van der Waals surface area contributed by atoms with Gasteiger partial charge in [0.1, 0.15) is 5.76 Å². The van der Waals surface area contributed by atoms with Gasteiger partial charge in [-0.25, -0.2) is 0 Å². The van der Waals surface area contributed by atoms with Crippen LogP contribution in [-0.4, -0.2) is 19.1 Å². The van der Waals surface area contributed by atoms with E-state index in [-0.39, 0.29) is 18.6 Å². The molecule has 5 heteroatoms. The average Bonchev–Trinajstić information content (AvgIpc) is 3.06. The molecule has 118 valence electrons. The van der Waals surface area contributed by atoms with Crippen molar-refractivity contribution in [2.45, 2.75) is 26.3 Å². The summed E-state index contributed by atoms with van der Waals surface area (Å²) in [4.78, 5) is 11.9. The molecule has 1 amide bonds. The van der Waals surface area contributed by atoms with E-state index >= 15 is 0 Å². The maximum Gasteiger partial charge on any atom is 0.258 e. The van der Waals surface area contributed by atoms with Crippen LogP contribution in [0.2, 0.25) is 0 Å². The Morgan fingerprint density at radius 1 is 1.18 bits per heavy atom. The van der Waals surface area contributed by atoms with Crippen molar-refractivity contribution in [1.29, 1.82) is 0 Å². The number of carbonyl (C=O) groups excluding carboxylic acids is 1. The second-order valence-corrected chi connectivity index (χ2v) is 4.89. The lowest BCUT2D eigenvalue weighted by atomic mass is 10.2. The first-order valence-electron chi connectivity index (χ1n) is 7.38. The molecule has 22 heavy (non-hydrogen) atoms. The summed E-state index contributed by atoms with van der Waals surface area (Å²) in [6, 6.07) is 10.7. The molecule has 0 spiro atoms. The summed E-state index contributed by atoms with van der Waals surface area (Å²) in [5, 5.41) is 2.82. The molecular formula is C17H21NO4. The summed E-state index contributed by atoms with van der Waals surface area (Å²) in [7, 11) is 0. The number of para-hydroxylation sites is 2. The van der Waals surface area contributed by atoms with Crippen LogP contribution in [0.5, 0.6) is 11.5 Å². The fraction of sp³-hybridized carbons (Fsp3) is 0.353. The quantitative estimate of drug-likeness (QED) is 0.812. The summed E-state index contributed by atoms with van der Waals surface area (Å²) in [5.74, 6) is 1.71. The van der Waals surface area contributed by atoms with E-state index in [1.54, 1.807) is 18.4 Å². The third-order valence-corrected chi connectivity index (χ3v) is 3.02. The zero-order valence-corrected chi connectivity index (χ0v) is 12.9. The standard InChI is InChI=1S/C17H21NO4/c1-3-10-20-15-7-4-5-8-16(15)22-12-17(19)18-13(2)14-9-6-11-21-14/h4-9,11,13H,3,10,12H2,1-2H3,(H,18,19). The van der Waals surface area contributed by atoms with Crippen molar-refractivity contribution in [2.75, 3.05) is 13.2 Å². The van der Waals surface area contributed by atoms with Gasteiger partial charge in [-0.05, 0) is 37.6 Å². The first-order chi connectivity index (χ1) is 10.7. The van der Waals surface area contributed by atoms with Crippen LogP contribution >= 0.6 is 0 Å². The molecule has 1 heterocycles. The lowest BCUT2D eigenvalue weighted by Gasteiger charge is -2.14. The average molecular weight is 303 g/mol. The highest BCUT2D eigenvalue weighted by molar-refractivity contribution is 5.78. The van der Waals surface area contributed by atoms with Crippen LogP contribution in [0.25, 0.3) is 0 Å². The number of rotatable bonds is 8. The summed E-state index contributed by atoms with van der Waals surface area (Å²) >= 11 is 0. The monoisotopic (exact) mass is 303 g/mol. The lowest BCUT2D eigenvalue weighted by molar-refractivity contribution is -0.123. The van der Waals surface area contributed by atoms with Gasteiger partial charge in [0.05, 0.1) is 18.9 Å². The Labute approximate surface area is 130 Å². The molecule has 1 unspecified atom stereocenters. The Bertz CT molecular complexity index is 580. The van der Waals surface area contributed by atoms with E-state index in [1.807, 2.05) is 38.1 Å². The van der Waals surface area contributed by atoms with Crippen molar-refractivity contribution < 1.29 is 18.7 Å². The Hall–Kier alpha value is -2.43. The summed E-state index contributed by atoms with van der Waals surface area (Å²) in [6.45, 7) is 4.43. The first-order valence-corrected chi connectivity index (χ1v) is 7.38. The summed E-state index contributed by atoms with van der Waals surface area (Å²) < 4.78 is 16.4. The first kappa shape index (κ1) is 15.9. The predicted octanol–water partition coefficient (Wildman–Crippen LogP) is 3.32. The van der Waals surface area contributed by atoms with Gasteiger partial charge in [0, 0.05) is 0 Å². The second kappa shape index (κ2) is 8.12. The summed E-state index contributed by atoms with van der Waals surface area (Å²) in [6.07, 6.45) is 2.49. The van der Waals surface area contributed by atoms with Gasteiger partial charge in [-0.1, -0.05) is 19.1 Å². The van der Waals surface area contributed by atoms with Crippen molar-refractivity contribution in [2.24, 2.45) is 0 Å². The number of hydrogen-bond donors (Lipinski definition) is 1. The Morgan fingerprint density at radius 3 is 2.55 bits per heavy atom. The molecule has 2 rings (SSSR count). The molecule has 0 aliphatic heterocycles. The molecule has 5 nitrogen and oxygen atoms in total. The van der Waals surface area contributed by atoms with Crippen molar-refractivity contribution in [3.05, 3.63) is 48.4 Å². The highest BCUT2D eigenvalue weighted by atomic mass is 16.5. The van der Waals surface area contributed by atoms with E-state index in [4.69, 9.17) is 13.9 Å². The highest BCUT2D eigenvalue weighted by Gasteiger charge is 2.13. The van der Waals surface area contributed by atoms with Crippen LogP contribution in [0.4, 0.5) is 0 Å². The molecule has 1 atom stereocenters. The van der Waals surface area contributed by atoms with Crippen molar-refractivity contribution in [1.82, 2.24) is 5.32 Å². The molecule has 0 saturated carbocycles. The maximum absolute atomic E-state index is 11.9. The van der Waals surface area contributed by atoms with Crippen LogP contribution in [0, 0.1) is 0 Å². The third-order valence-electron chi connectivity index (χ3n) is 3.02. The molecule has 0 fully saturated rings. The van der Waals surface area contributed by atoms with Crippen molar-refractivity contribution in [3.63, 3.8) is 0 Å². The zero-order chi connectivity index (χ0) is 15.8. The van der Waals surface area contributed by atoms with Gasteiger partial charge in [-0.15, -0.1) is 0 Å². The number of ether oxygens (including phenoxy) is 2. The van der Waals surface area contributed by atoms with E-state index in [1.165, 1.54) is 0 Å². The number of amides is 1. The molecule has 1 aromatic heterocycles. The Kier molecular flexibility index (Phi) is 5.89. The smallest absolute Gasteiger partial charge is 0.258 e. The van der Waals surface area contributed by atoms with Crippen LogP contribution in [-0.2, 0) is 4.79 Å². The van der Waals surface area contributed by atoms with Gasteiger partial charge in [-0.2, -0.15) is 0 Å². The maximum atomic E-state index is 11.9. The molecule has 0 bridgehead atoms. The number of carbonyl (C=O) groups is 1. The van der Waals surface area contributed by atoms with E-state index in [0.717, 1.165) is 6.42 Å². The number of nitrogens with one attached hydrogen (secondary N) is 1. The minimum atomic E-state index is -0.214. The molecule has 1 N–H and O–H groups in total. The number of furan rings is 1. The van der Waals surface area contributed by atoms with E-state index in [2.05, 4.69) is 5.32 Å². The van der Waals surface area contributed by atoms with E-state index in [0.29, 0.717) is 23.9 Å². The number of hydrogen-bond acceptors (Lipinski definition) is 4. The topological polar surface area (TPSA) is 60.7 Å². The van der Waals surface area contributed by atoms with Gasteiger partial charge < -0.3 is 19.2 Å². The molecular weight excluding hydrogens is 282 g/mol. The molecule has 2 aromatic rings. The normalized spacial score (nSPS) is 11.7. The van der Waals surface area contributed by atoms with Gasteiger partial charge in [-0.3, -0.25) is 4.79 Å². The summed E-state index contributed by atoms with van der Waals surface area (Å²) in [5.41, 5.74) is 0.